The van der Waals surface area contributed by atoms with Crippen LogP contribution in [-0.4, -0.2) is 39.1 Å². The fraction of sp³-hybridized carbons (Fsp3) is 0.179. The minimum Gasteiger partial charge on any atom is -0.495 e. The van der Waals surface area contributed by atoms with E-state index in [1.807, 2.05) is 65.7 Å². The first-order chi connectivity index (χ1) is 18.0. The Morgan fingerprint density at radius 3 is 2.62 bits per heavy atom. The summed E-state index contributed by atoms with van der Waals surface area (Å²) < 4.78 is 20.9. The van der Waals surface area contributed by atoms with Crippen LogP contribution in [0.15, 0.2) is 91.3 Å². The molecule has 4 aromatic rings. The standard InChI is InChI=1S/C28H26FN5O2S/c1-36-24-10-3-2-8-22(24)33-17-6-9-23(33)27-26(21-7-4-5-16-30-21)32-28(37)34(27)18-15-25(35)31-20-13-11-19(29)12-14-20/h2-14,16-17,26-27H,15,18H2,1H3,(H,31,35)(H,32,37)/t26-,27-/m1/s1. The monoisotopic (exact) mass is 515 g/mol. The summed E-state index contributed by atoms with van der Waals surface area (Å²) in [5, 5.41) is 6.79. The number of ether oxygens (including phenoxy) is 1. The number of nitrogens with one attached hydrogen (secondary N) is 2. The smallest absolute Gasteiger partial charge is 0.226 e. The highest BCUT2D eigenvalue weighted by atomic mass is 32.1. The number of thiocarbonyl (C=S) groups is 1. The Hall–Kier alpha value is -4.24. The zero-order valence-corrected chi connectivity index (χ0v) is 21.0. The third kappa shape index (κ3) is 5.17. The normalized spacial score (nSPS) is 16.9. The van der Waals surface area contributed by atoms with Gasteiger partial charge in [-0.1, -0.05) is 18.2 Å². The number of methoxy groups -OCH3 is 1. The van der Waals surface area contributed by atoms with Crippen LogP contribution in [0.25, 0.3) is 5.69 Å². The lowest BCUT2D eigenvalue weighted by atomic mass is 10.0. The van der Waals surface area contributed by atoms with Gasteiger partial charge in [0, 0.05) is 36.7 Å². The van der Waals surface area contributed by atoms with Crippen LogP contribution in [0.1, 0.15) is 29.9 Å². The van der Waals surface area contributed by atoms with Crippen molar-refractivity contribution in [3.05, 3.63) is 108 Å². The van der Waals surface area contributed by atoms with Crippen LogP contribution in [0, 0.1) is 5.82 Å². The predicted molar refractivity (Wildman–Crippen MR) is 144 cm³/mol. The average molecular weight is 516 g/mol. The van der Waals surface area contributed by atoms with Gasteiger partial charge >= 0.3 is 0 Å². The second kappa shape index (κ2) is 10.8. The largest absolute Gasteiger partial charge is 0.495 e. The van der Waals surface area contributed by atoms with Gasteiger partial charge < -0.3 is 24.8 Å². The number of para-hydroxylation sites is 2. The lowest BCUT2D eigenvalue weighted by Crippen LogP contribution is -2.33. The summed E-state index contributed by atoms with van der Waals surface area (Å²) in [6.45, 7) is 0.379. The molecular formula is C28H26FN5O2S. The van der Waals surface area contributed by atoms with E-state index in [2.05, 4.69) is 20.2 Å². The Morgan fingerprint density at radius 1 is 1.08 bits per heavy atom. The first kappa shape index (κ1) is 24.5. The minimum absolute atomic E-state index is 0.186. The Bertz CT molecular complexity index is 1390. The summed E-state index contributed by atoms with van der Waals surface area (Å²) in [5.74, 6) is 0.204. The molecular weight excluding hydrogens is 489 g/mol. The van der Waals surface area contributed by atoms with E-state index < -0.39 is 0 Å². The van der Waals surface area contributed by atoms with Crippen molar-refractivity contribution in [2.45, 2.75) is 18.5 Å². The maximum atomic E-state index is 13.2. The molecule has 188 valence electrons. The zero-order chi connectivity index (χ0) is 25.8. The topological polar surface area (TPSA) is 71.4 Å². The van der Waals surface area contributed by atoms with Crippen LogP contribution in [0.5, 0.6) is 5.75 Å². The Kier molecular flexibility index (Phi) is 7.14. The Morgan fingerprint density at radius 2 is 1.86 bits per heavy atom. The van der Waals surface area contributed by atoms with Crippen LogP contribution >= 0.6 is 12.2 Å². The van der Waals surface area contributed by atoms with Gasteiger partial charge in [0.05, 0.1) is 30.6 Å². The molecule has 2 atom stereocenters. The van der Waals surface area contributed by atoms with E-state index >= 15 is 0 Å². The van der Waals surface area contributed by atoms with Crippen molar-refractivity contribution in [3.63, 3.8) is 0 Å². The molecule has 0 bridgehead atoms. The van der Waals surface area contributed by atoms with Gasteiger partial charge in [-0.2, -0.15) is 0 Å². The van der Waals surface area contributed by atoms with Crippen LogP contribution in [0.4, 0.5) is 10.1 Å². The summed E-state index contributed by atoms with van der Waals surface area (Å²) in [4.78, 5) is 19.4. The van der Waals surface area contributed by atoms with E-state index in [1.54, 1.807) is 13.3 Å². The van der Waals surface area contributed by atoms with Crippen LogP contribution < -0.4 is 15.4 Å². The highest BCUT2D eigenvalue weighted by Gasteiger charge is 2.41. The molecule has 0 spiro atoms. The molecule has 1 saturated heterocycles. The van der Waals surface area contributed by atoms with Crippen LogP contribution in [0.2, 0.25) is 0 Å². The van der Waals surface area contributed by atoms with E-state index in [1.165, 1.54) is 24.3 Å². The predicted octanol–water partition coefficient (Wildman–Crippen LogP) is 5.02. The van der Waals surface area contributed by atoms with Crippen molar-refractivity contribution >= 4 is 28.9 Å². The van der Waals surface area contributed by atoms with Crippen molar-refractivity contribution in [2.75, 3.05) is 19.0 Å². The summed E-state index contributed by atoms with van der Waals surface area (Å²) in [7, 11) is 1.65. The molecule has 2 aromatic carbocycles. The highest BCUT2D eigenvalue weighted by Crippen LogP contribution is 2.40. The third-order valence-electron chi connectivity index (χ3n) is 6.33. The number of carbonyl (C=O) groups excluding carboxylic acids is 1. The van der Waals surface area contributed by atoms with E-state index in [0.717, 1.165) is 22.8 Å². The van der Waals surface area contributed by atoms with Gasteiger partial charge in [0.25, 0.3) is 0 Å². The fourth-order valence-electron chi connectivity index (χ4n) is 4.63. The number of carbonyl (C=O) groups is 1. The molecule has 1 aliphatic heterocycles. The molecule has 0 saturated carbocycles. The molecule has 5 rings (SSSR count). The third-order valence-corrected chi connectivity index (χ3v) is 6.69. The summed E-state index contributed by atoms with van der Waals surface area (Å²) in [5.41, 5.74) is 3.27. The van der Waals surface area contributed by atoms with E-state index in [-0.39, 0.29) is 30.2 Å². The van der Waals surface area contributed by atoms with Crippen molar-refractivity contribution < 1.29 is 13.9 Å². The van der Waals surface area contributed by atoms with Gasteiger partial charge in [0.15, 0.2) is 5.11 Å². The number of hydrogen-bond donors (Lipinski definition) is 2. The van der Waals surface area contributed by atoms with Gasteiger partial charge in [-0.25, -0.2) is 4.39 Å². The lowest BCUT2D eigenvalue weighted by Gasteiger charge is -2.29. The summed E-state index contributed by atoms with van der Waals surface area (Å²) in [6, 6.07) is 22.9. The molecule has 9 heteroatoms. The summed E-state index contributed by atoms with van der Waals surface area (Å²) >= 11 is 5.75. The van der Waals surface area contributed by atoms with Crippen molar-refractivity contribution in [1.29, 1.82) is 0 Å². The van der Waals surface area contributed by atoms with E-state index in [4.69, 9.17) is 17.0 Å². The second-order valence-corrected chi connectivity index (χ2v) is 8.99. The SMILES string of the molecule is COc1ccccc1-n1cccc1[C@@H]1[C@@H](c2ccccn2)NC(=S)N1CCC(=O)Nc1ccc(F)cc1. The number of rotatable bonds is 8. The van der Waals surface area contributed by atoms with Gasteiger partial charge in [0.2, 0.25) is 5.91 Å². The molecule has 2 N–H and O–H groups in total. The number of pyridine rings is 1. The van der Waals surface area contributed by atoms with Crippen LogP contribution in [0.3, 0.4) is 0 Å². The van der Waals surface area contributed by atoms with Crippen molar-refractivity contribution in [3.8, 4) is 11.4 Å². The Labute approximate surface area is 219 Å². The minimum atomic E-state index is -0.354. The van der Waals surface area contributed by atoms with Gasteiger partial charge in [-0.3, -0.25) is 9.78 Å². The molecule has 3 heterocycles. The number of aromatic nitrogens is 2. The number of nitrogens with zero attached hydrogens (tertiary/aromatic N) is 3. The lowest BCUT2D eigenvalue weighted by molar-refractivity contribution is -0.116. The Balaban J connectivity index is 1.45. The molecule has 0 aliphatic carbocycles. The maximum absolute atomic E-state index is 13.2. The maximum Gasteiger partial charge on any atom is 0.226 e. The molecule has 2 aromatic heterocycles. The molecule has 0 radical (unpaired) electrons. The number of anilines is 1. The van der Waals surface area contributed by atoms with Crippen LogP contribution in [-0.2, 0) is 4.79 Å². The highest BCUT2D eigenvalue weighted by molar-refractivity contribution is 7.80. The van der Waals surface area contributed by atoms with Crippen molar-refractivity contribution in [2.24, 2.45) is 0 Å². The number of amides is 1. The molecule has 1 aliphatic rings. The second-order valence-electron chi connectivity index (χ2n) is 8.60. The van der Waals surface area contributed by atoms with Gasteiger partial charge in [-0.15, -0.1) is 0 Å². The van der Waals surface area contributed by atoms with Gasteiger partial charge in [-0.05, 0) is 72.9 Å². The molecule has 37 heavy (non-hydrogen) atoms. The molecule has 0 unspecified atom stereocenters. The quantitative estimate of drug-likeness (QED) is 0.321. The van der Waals surface area contributed by atoms with E-state index in [0.29, 0.717) is 17.3 Å². The first-order valence-corrected chi connectivity index (χ1v) is 12.3. The summed E-state index contributed by atoms with van der Waals surface area (Å²) in [6.07, 6.45) is 3.94. The zero-order valence-electron chi connectivity index (χ0n) is 20.2. The number of benzene rings is 2. The fourth-order valence-corrected chi connectivity index (χ4v) is 4.96. The molecule has 1 fully saturated rings. The number of hydrogen-bond acceptors (Lipinski definition) is 4. The number of halogens is 1. The molecule has 7 nitrogen and oxygen atoms in total. The molecule has 1 amide bonds. The van der Waals surface area contributed by atoms with E-state index in [9.17, 15) is 9.18 Å². The van der Waals surface area contributed by atoms with Gasteiger partial charge in [0.1, 0.15) is 11.6 Å². The van der Waals surface area contributed by atoms with Crippen molar-refractivity contribution in [1.82, 2.24) is 19.8 Å². The first-order valence-electron chi connectivity index (χ1n) is 11.9. The average Bonchev–Trinajstić information content (AvgIpc) is 3.53.